The highest BCUT2D eigenvalue weighted by Crippen LogP contribution is 2.21. The molecule has 3 rings (SSSR count). The highest BCUT2D eigenvalue weighted by atomic mass is 16.6. The van der Waals surface area contributed by atoms with Crippen molar-refractivity contribution in [3.05, 3.63) is 58.1 Å². The summed E-state index contributed by atoms with van der Waals surface area (Å²) in [5.74, 6) is 0.760. The van der Waals surface area contributed by atoms with E-state index in [1.807, 2.05) is 24.3 Å². The molecule has 2 aromatic carbocycles. The second kappa shape index (κ2) is 8.71. The number of nitro groups is 1. The fraction of sp³-hybridized carbons (Fsp3) is 0.350. The van der Waals surface area contributed by atoms with Gasteiger partial charge in [-0.15, -0.1) is 0 Å². The van der Waals surface area contributed by atoms with Gasteiger partial charge in [-0.05, 0) is 42.8 Å². The first-order chi connectivity index (χ1) is 13.5. The number of hydrogen-bond acceptors (Lipinski definition) is 5. The van der Waals surface area contributed by atoms with Crippen LogP contribution in [0.15, 0.2) is 42.5 Å². The lowest BCUT2D eigenvalue weighted by molar-refractivity contribution is -0.892. The van der Waals surface area contributed by atoms with Gasteiger partial charge in [0.05, 0.1) is 38.2 Å². The zero-order valence-corrected chi connectivity index (χ0v) is 16.1. The van der Waals surface area contributed by atoms with Crippen molar-refractivity contribution in [3.8, 4) is 5.75 Å². The second-order valence-corrected chi connectivity index (χ2v) is 6.92. The summed E-state index contributed by atoms with van der Waals surface area (Å²) in [4.78, 5) is 26.3. The molecule has 2 aromatic rings. The molecule has 1 saturated heterocycles. The van der Waals surface area contributed by atoms with Crippen LogP contribution >= 0.6 is 0 Å². The summed E-state index contributed by atoms with van der Waals surface area (Å²) < 4.78 is 5.19. The first kappa shape index (κ1) is 19.6. The molecule has 0 saturated carbocycles. The molecule has 0 bridgehead atoms. The third kappa shape index (κ3) is 4.77. The minimum absolute atomic E-state index is 0.0239. The van der Waals surface area contributed by atoms with Gasteiger partial charge >= 0.3 is 0 Å². The first-order valence-corrected chi connectivity index (χ1v) is 9.23. The van der Waals surface area contributed by atoms with Crippen LogP contribution in [0.5, 0.6) is 5.75 Å². The van der Waals surface area contributed by atoms with E-state index in [0.717, 1.165) is 37.6 Å². The van der Waals surface area contributed by atoms with Gasteiger partial charge in [0, 0.05) is 23.5 Å². The van der Waals surface area contributed by atoms with Crippen molar-refractivity contribution in [2.45, 2.75) is 6.92 Å². The zero-order valence-electron chi connectivity index (χ0n) is 16.1. The molecule has 1 aliphatic rings. The predicted molar refractivity (Wildman–Crippen MR) is 107 cm³/mol. The topological polar surface area (TPSA) is 89.2 Å². The molecule has 0 aliphatic carbocycles. The van der Waals surface area contributed by atoms with E-state index >= 15 is 0 Å². The Hall–Kier alpha value is -3.13. The number of nitrogens with zero attached hydrogens (tertiary/aromatic N) is 2. The molecule has 0 radical (unpaired) electrons. The number of carbonyl (C=O) groups is 1. The lowest BCUT2D eigenvalue weighted by Crippen LogP contribution is -3.15. The minimum Gasteiger partial charge on any atom is -0.497 e. The number of ether oxygens (including phenoxy) is 1. The van der Waals surface area contributed by atoms with Crippen molar-refractivity contribution in [1.82, 2.24) is 0 Å². The Morgan fingerprint density at radius 2 is 1.89 bits per heavy atom. The quantitative estimate of drug-likeness (QED) is 0.577. The number of non-ortho nitro benzene ring substituents is 1. The number of nitro benzene ring substituents is 1. The minimum atomic E-state index is -0.439. The van der Waals surface area contributed by atoms with Crippen molar-refractivity contribution >= 4 is 23.0 Å². The van der Waals surface area contributed by atoms with E-state index < -0.39 is 4.92 Å². The van der Waals surface area contributed by atoms with Gasteiger partial charge in [-0.3, -0.25) is 14.9 Å². The number of anilines is 2. The number of hydrogen-bond donors (Lipinski definition) is 2. The van der Waals surface area contributed by atoms with Gasteiger partial charge in [-0.2, -0.15) is 0 Å². The molecule has 1 aliphatic heterocycles. The number of rotatable bonds is 6. The van der Waals surface area contributed by atoms with Crippen LogP contribution in [0.25, 0.3) is 0 Å². The summed E-state index contributed by atoms with van der Waals surface area (Å²) in [6.07, 6.45) is 0. The van der Waals surface area contributed by atoms with Gasteiger partial charge in [0.1, 0.15) is 5.75 Å². The lowest BCUT2D eigenvalue weighted by Gasteiger charge is -2.33. The Kier molecular flexibility index (Phi) is 6.10. The molecule has 1 fully saturated rings. The molecule has 2 N–H and O–H groups in total. The molecule has 28 heavy (non-hydrogen) atoms. The van der Waals surface area contributed by atoms with Gasteiger partial charge in [-0.25, -0.2) is 0 Å². The van der Waals surface area contributed by atoms with Crippen molar-refractivity contribution in [1.29, 1.82) is 0 Å². The standard InChI is InChI=1S/C20H24N4O4/c1-15-13-17(24(26)27)5-8-19(15)21-20(25)14-22-9-11-23(12-10-22)16-3-6-18(28-2)7-4-16/h3-8,13H,9-12,14H2,1-2H3,(H,21,25)/p+1. The normalized spacial score (nSPS) is 14.6. The van der Waals surface area contributed by atoms with E-state index in [2.05, 4.69) is 10.2 Å². The van der Waals surface area contributed by atoms with Crippen LogP contribution in [0.1, 0.15) is 5.56 Å². The monoisotopic (exact) mass is 385 g/mol. The van der Waals surface area contributed by atoms with E-state index in [9.17, 15) is 14.9 Å². The van der Waals surface area contributed by atoms with E-state index in [0.29, 0.717) is 17.8 Å². The molecule has 0 unspecified atom stereocenters. The molecule has 0 aromatic heterocycles. The number of methoxy groups -OCH3 is 1. The average molecular weight is 385 g/mol. The summed E-state index contributed by atoms with van der Waals surface area (Å²) in [5.41, 5.74) is 2.48. The molecular formula is C20H25N4O4+. The maximum atomic E-state index is 12.4. The zero-order chi connectivity index (χ0) is 20.1. The number of piperazine rings is 1. The summed E-state index contributed by atoms with van der Waals surface area (Å²) >= 11 is 0. The first-order valence-electron chi connectivity index (χ1n) is 9.23. The Morgan fingerprint density at radius 1 is 1.21 bits per heavy atom. The smallest absolute Gasteiger partial charge is 0.279 e. The number of benzene rings is 2. The van der Waals surface area contributed by atoms with E-state index in [4.69, 9.17) is 4.74 Å². The number of quaternary nitrogens is 1. The van der Waals surface area contributed by atoms with Gasteiger partial charge in [0.2, 0.25) is 0 Å². The molecule has 1 heterocycles. The van der Waals surface area contributed by atoms with Crippen LogP contribution in [0, 0.1) is 17.0 Å². The Morgan fingerprint density at radius 3 is 2.46 bits per heavy atom. The second-order valence-electron chi connectivity index (χ2n) is 6.92. The average Bonchev–Trinajstić information content (AvgIpc) is 2.70. The number of amides is 1. The summed E-state index contributed by atoms with van der Waals surface area (Å²) in [6, 6.07) is 12.5. The van der Waals surface area contributed by atoms with Crippen LogP contribution < -0.4 is 19.9 Å². The number of carbonyl (C=O) groups excluding carboxylic acids is 1. The molecule has 0 atom stereocenters. The predicted octanol–water partition coefficient (Wildman–Crippen LogP) is 1.26. The van der Waals surface area contributed by atoms with Crippen LogP contribution in [0.3, 0.4) is 0 Å². The summed E-state index contributed by atoms with van der Waals surface area (Å²) in [5, 5.41) is 13.7. The maximum Gasteiger partial charge on any atom is 0.279 e. The van der Waals surface area contributed by atoms with Gasteiger partial charge in [0.15, 0.2) is 6.54 Å². The van der Waals surface area contributed by atoms with Crippen molar-refractivity contribution in [2.75, 3.05) is 50.1 Å². The fourth-order valence-corrected chi connectivity index (χ4v) is 3.37. The summed E-state index contributed by atoms with van der Waals surface area (Å²) in [7, 11) is 1.65. The van der Waals surface area contributed by atoms with Gasteiger partial charge in [-0.1, -0.05) is 0 Å². The SMILES string of the molecule is COc1ccc(N2CC[NH+](CC(=O)Nc3ccc([N+](=O)[O-])cc3C)CC2)cc1. The van der Waals surface area contributed by atoms with Crippen molar-refractivity contribution < 1.29 is 19.4 Å². The Labute approximate surface area is 163 Å². The third-order valence-corrected chi connectivity index (χ3v) is 5.01. The van der Waals surface area contributed by atoms with Crippen LogP contribution in [0.4, 0.5) is 17.1 Å². The molecule has 148 valence electrons. The van der Waals surface area contributed by atoms with Gasteiger partial charge in [0.25, 0.3) is 11.6 Å². The van der Waals surface area contributed by atoms with Crippen LogP contribution in [0.2, 0.25) is 0 Å². The summed E-state index contributed by atoms with van der Waals surface area (Å²) in [6.45, 7) is 5.64. The fourth-order valence-electron chi connectivity index (χ4n) is 3.37. The molecule has 8 heteroatoms. The third-order valence-electron chi connectivity index (χ3n) is 5.01. The van der Waals surface area contributed by atoms with E-state index in [1.54, 1.807) is 20.1 Å². The number of aryl methyl sites for hydroxylation is 1. The lowest BCUT2D eigenvalue weighted by atomic mass is 10.2. The molecule has 1 amide bonds. The highest BCUT2D eigenvalue weighted by Gasteiger charge is 2.22. The molecular weight excluding hydrogens is 360 g/mol. The van der Waals surface area contributed by atoms with Crippen LogP contribution in [-0.4, -0.2) is 50.7 Å². The van der Waals surface area contributed by atoms with Crippen LogP contribution in [-0.2, 0) is 4.79 Å². The Balaban J connectivity index is 1.50. The molecule has 8 nitrogen and oxygen atoms in total. The largest absolute Gasteiger partial charge is 0.497 e. The van der Waals surface area contributed by atoms with E-state index in [1.165, 1.54) is 17.0 Å². The maximum absolute atomic E-state index is 12.4. The number of nitrogens with one attached hydrogen (secondary N) is 2. The molecule has 0 spiro atoms. The van der Waals surface area contributed by atoms with E-state index in [-0.39, 0.29) is 11.6 Å². The highest BCUT2D eigenvalue weighted by molar-refractivity contribution is 5.92. The van der Waals surface area contributed by atoms with Crippen molar-refractivity contribution in [3.63, 3.8) is 0 Å². The Bertz CT molecular complexity index is 846. The van der Waals surface area contributed by atoms with Crippen molar-refractivity contribution in [2.24, 2.45) is 0 Å². The van der Waals surface area contributed by atoms with Gasteiger partial charge < -0.3 is 19.9 Å².